The zero-order chi connectivity index (χ0) is 18.4. The summed E-state index contributed by atoms with van der Waals surface area (Å²) in [7, 11) is 0. The van der Waals surface area contributed by atoms with E-state index in [-0.39, 0.29) is 6.61 Å². The van der Waals surface area contributed by atoms with Gasteiger partial charge in [0.15, 0.2) is 6.61 Å². The monoisotopic (exact) mass is 349 g/mol. The molecule has 26 heavy (non-hydrogen) atoms. The number of amides is 2. The number of nitrogens with one attached hydrogen (secondary N) is 2. The topological polar surface area (TPSA) is 72.4 Å². The molecule has 0 saturated carbocycles. The van der Waals surface area contributed by atoms with Gasteiger partial charge in [-0.3, -0.25) is 20.4 Å². The normalized spacial score (nSPS) is 10.2. The van der Waals surface area contributed by atoms with Crippen LogP contribution in [0.25, 0.3) is 5.69 Å². The van der Waals surface area contributed by atoms with Gasteiger partial charge in [-0.2, -0.15) is 0 Å². The fraction of sp³-hybridized carbons (Fsp3) is 0.100. The van der Waals surface area contributed by atoms with Gasteiger partial charge >= 0.3 is 0 Å². The van der Waals surface area contributed by atoms with E-state index in [1.165, 1.54) is 0 Å². The summed E-state index contributed by atoms with van der Waals surface area (Å²) in [6, 6.07) is 18.3. The molecule has 132 valence electrons. The Morgan fingerprint density at radius 1 is 0.962 bits per heavy atom. The van der Waals surface area contributed by atoms with Crippen molar-refractivity contribution in [3.05, 3.63) is 84.2 Å². The summed E-state index contributed by atoms with van der Waals surface area (Å²) in [6.45, 7) is 1.75. The van der Waals surface area contributed by atoms with Gasteiger partial charge in [-0.1, -0.05) is 12.1 Å². The fourth-order valence-corrected chi connectivity index (χ4v) is 2.38. The van der Waals surface area contributed by atoms with E-state index in [1.54, 1.807) is 18.2 Å². The Morgan fingerprint density at radius 2 is 1.69 bits per heavy atom. The summed E-state index contributed by atoms with van der Waals surface area (Å²) in [4.78, 5) is 23.9. The second-order valence-electron chi connectivity index (χ2n) is 5.74. The molecule has 0 aliphatic carbocycles. The van der Waals surface area contributed by atoms with E-state index in [0.717, 1.165) is 11.3 Å². The number of benzene rings is 2. The molecule has 2 amide bonds. The minimum absolute atomic E-state index is 0.184. The number of ether oxygens (including phenoxy) is 1. The number of aromatic nitrogens is 1. The van der Waals surface area contributed by atoms with Crippen LogP contribution in [-0.4, -0.2) is 23.0 Å². The zero-order valence-corrected chi connectivity index (χ0v) is 14.3. The van der Waals surface area contributed by atoms with E-state index < -0.39 is 11.8 Å². The Bertz CT molecular complexity index is 887. The highest BCUT2D eigenvalue weighted by Gasteiger charge is 2.08. The number of nitrogens with zero attached hydrogens (tertiary/aromatic N) is 1. The minimum atomic E-state index is -0.441. The first-order chi connectivity index (χ1) is 12.6. The van der Waals surface area contributed by atoms with E-state index in [2.05, 4.69) is 10.9 Å². The number of aryl methyl sites for hydroxylation is 1. The molecule has 0 aliphatic rings. The van der Waals surface area contributed by atoms with Crippen LogP contribution in [0.2, 0.25) is 0 Å². The van der Waals surface area contributed by atoms with Crippen molar-refractivity contribution < 1.29 is 14.3 Å². The van der Waals surface area contributed by atoms with Crippen molar-refractivity contribution in [2.24, 2.45) is 0 Å². The SMILES string of the molecule is Cc1cccc(OCC(=O)NNC(=O)c2ccc(-n3cccc3)cc2)c1. The Morgan fingerprint density at radius 3 is 2.38 bits per heavy atom. The summed E-state index contributed by atoms with van der Waals surface area (Å²) < 4.78 is 7.31. The lowest BCUT2D eigenvalue weighted by Crippen LogP contribution is -2.43. The molecule has 6 nitrogen and oxygen atoms in total. The van der Waals surface area contributed by atoms with Crippen LogP contribution in [0, 0.1) is 6.92 Å². The zero-order valence-electron chi connectivity index (χ0n) is 14.3. The van der Waals surface area contributed by atoms with Gasteiger partial charge < -0.3 is 9.30 Å². The summed E-state index contributed by atoms with van der Waals surface area (Å²) in [6.07, 6.45) is 3.84. The molecule has 0 spiro atoms. The average molecular weight is 349 g/mol. The molecule has 0 saturated heterocycles. The van der Waals surface area contributed by atoms with Crippen LogP contribution in [0.1, 0.15) is 15.9 Å². The highest BCUT2D eigenvalue weighted by molar-refractivity contribution is 5.95. The van der Waals surface area contributed by atoms with Gasteiger partial charge in [-0.15, -0.1) is 0 Å². The first kappa shape index (κ1) is 17.3. The minimum Gasteiger partial charge on any atom is -0.484 e. The molecule has 0 fully saturated rings. The third kappa shape index (κ3) is 4.51. The molecule has 3 rings (SSSR count). The van der Waals surface area contributed by atoms with Crippen molar-refractivity contribution in [3.63, 3.8) is 0 Å². The Kier molecular flexibility index (Phi) is 5.34. The van der Waals surface area contributed by atoms with Gasteiger partial charge in [0, 0.05) is 23.6 Å². The molecule has 0 bridgehead atoms. The van der Waals surface area contributed by atoms with Gasteiger partial charge in [0.2, 0.25) is 0 Å². The molecular weight excluding hydrogens is 330 g/mol. The Hall–Kier alpha value is -3.54. The van der Waals surface area contributed by atoms with E-state index in [1.807, 2.05) is 66.3 Å². The molecule has 0 atom stereocenters. The van der Waals surface area contributed by atoms with E-state index in [0.29, 0.717) is 11.3 Å². The molecule has 2 N–H and O–H groups in total. The molecule has 0 aliphatic heterocycles. The molecule has 6 heteroatoms. The predicted octanol–water partition coefficient (Wildman–Crippen LogP) is 2.63. The van der Waals surface area contributed by atoms with Crippen LogP contribution >= 0.6 is 0 Å². The number of hydrogen-bond acceptors (Lipinski definition) is 3. The molecule has 1 aromatic heterocycles. The van der Waals surface area contributed by atoms with Gasteiger partial charge in [0.1, 0.15) is 5.75 Å². The maximum absolute atomic E-state index is 12.1. The van der Waals surface area contributed by atoms with Crippen LogP contribution in [0.5, 0.6) is 5.75 Å². The number of hydrazine groups is 1. The van der Waals surface area contributed by atoms with Crippen molar-refractivity contribution in [1.82, 2.24) is 15.4 Å². The van der Waals surface area contributed by atoms with Crippen LogP contribution in [0.4, 0.5) is 0 Å². The van der Waals surface area contributed by atoms with Crippen LogP contribution in [0.15, 0.2) is 73.1 Å². The second kappa shape index (κ2) is 8.02. The van der Waals surface area contributed by atoms with Gasteiger partial charge in [0.05, 0.1) is 0 Å². The molecule has 3 aromatic rings. The first-order valence-corrected chi connectivity index (χ1v) is 8.14. The van der Waals surface area contributed by atoms with Crippen LogP contribution in [-0.2, 0) is 4.79 Å². The standard InChI is InChI=1S/C20H19N3O3/c1-15-5-4-6-18(13-15)26-14-19(24)21-22-20(25)16-7-9-17(10-8-16)23-11-2-3-12-23/h2-13H,14H2,1H3,(H,21,24)(H,22,25). The van der Waals surface area contributed by atoms with Crippen molar-refractivity contribution >= 4 is 11.8 Å². The second-order valence-corrected chi connectivity index (χ2v) is 5.74. The smallest absolute Gasteiger partial charge is 0.276 e. The lowest BCUT2D eigenvalue weighted by atomic mass is 10.2. The third-order valence-electron chi connectivity index (χ3n) is 3.71. The van der Waals surface area contributed by atoms with E-state index in [9.17, 15) is 9.59 Å². The lowest BCUT2D eigenvalue weighted by molar-refractivity contribution is -0.123. The van der Waals surface area contributed by atoms with Crippen molar-refractivity contribution in [3.8, 4) is 11.4 Å². The summed E-state index contributed by atoms with van der Waals surface area (Å²) in [5.41, 5.74) is 7.15. The number of carbonyl (C=O) groups excluding carboxylic acids is 2. The Balaban J connectivity index is 1.48. The van der Waals surface area contributed by atoms with Gasteiger partial charge in [-0.25, -0.2) is 0 Å². The maximum atomic E-state index is 12.1. The van der Waals surface area contributed by atoms with E-state index in [4.69, 9.17) is 4.74 Å². The fourth-order valence-electron chi connectivity index (χ4n) is 2.38. The highest BCUT2D eigenvalue weighted by Crippen LogP contribution is 2.12. The highest BCUT2D eigenvalue weighted by atomic mass is 16.5. The van der Waals surface area contributed by atoms with E-state index >= 15 is 0 Å². The van der Waals surface area contributed by atoms with Gasteiger partial charge in [0.25, 0.3) is 11.8 Å². The quantitative estimate of drug-likeness (QED) is 0.696. The van der Waals surface area contributed by atoms with Crippen LogP contribution in [0.3, 0.4) is 0 Å². The third-order valence-corrected chi connectivity index (χ3v) is 3.71. The number of hydrogen-bond donors (Lipinski definition) is 2. The lowest BCUT2D eigenvalue weighted by Gasteiger charge is -2.10. The maximum Gasteiger partial charge on any atom is 0.276 e. The summed E-state index contributed by atoms with van der Waals surface area (Å²) in [5, 5.41) is 0. The molecular formula is C20H19N3O3. The van der Waals surface area contributed by atoms with Gasteiger partial charge in [-0.05, 0) is 61.0 Å². The summed E-state index contributed by atoms with van der Waals surface area (Å²) in [5.74, 6) is -0.233. The molecule has 0 unspecified atom stereocenters. The predicted molar refractivity (Wildman–Crippen MR) is 98.1 cm³/mol. The number of rotatable bonds is 5. The van der Waals surface area contributed by atoms with Crippen molar-refractivity contribution in [2.45, 2.75) is 6.92 Å². The Labute approximate surface area is 151 Å². The molecule has 2 aromatic carbocycles. The number of carbonyl (C=O) groups is 2. The largest absolute Gasteiger partial charge is 0.484 e. The first-order valence-electron chi connectivity index (χ1n) is 8.14. The average Bonchev–Trinajstić information content (AvgIpc) is 3.19. The van der Waals surface area contributed by atoms with Crippen molar-refractivity contribution in [1.29, 1.82) is 0 Å². The molecule has 0 radical (unpaired) electrons. The van der Waals surface area contributed by atoms with Crippen molar-refractivity contribution in [2.75, 3.05) is 6.61 Å². The summed E-state index contributed by atoms with van der Waals surface area (Å²) >= 11 is 0. The molecule has 1 heterocycles. The van der Waals surface area contributed by atoms with Crippen LogP contribution < -0.4 is 15.6 Å².